The first-order valence-electron chi connectivity index (χ1n) is 8.28. The third-order valence-corrected chi connectivity index (χ3v) is 6.11. The Morgan fingerprint density at radius 3 is 2.77 bits per heavy atom. The highest BCUT2D eigenvalue weighted by atomic mass is 32.2. The van der Waals surface area contributed by atoms with E-state index in [2.05, 4.69) is 14.9 Å². The SMILES string of the molecule is CN1Cc2cccc(NS(=O)(=O)c3cc4c(cc3F)NC(=O)CC4)c2C1. The second kappa shape index (κ2) is 6.07. The Hall–Kier alpha value is -2.45. The molecular formula is C18H18FN3O3S. The van der Waals surface area contributed by atoms with E-state index in [0.29, 0.717) is 29.9 Å². The van der Waals surface area contributed by atoms with Gasteiger partial charge in [0.25, 0.3) is 10.0 Å². The highest BCUT2D eigenvalue weighted by Crippen LogP contribution is 2.32. The number of hydrogen-bond acceptors (Lipinski definition) is 4. The van der Waals surface area contributed by atoms with Crippen molar-refractivity contribution in [1.82, 2.24) is 4.90 Å². The van der Waals surface area contributed by atoms with Crippen molar-refractivity contribution < 1.29 is 17.6 Å². The second-order valence-electron chi connectivity index (χ2n) is 6.71. The molecule has 2 N–H and O–H groups in total. The molecule has 2 aromatic rings. The van der Waals surface area contributed by atoms with Gasteiger partial charge in [0.15, 0.2) is 0 Å². The Labute approximate surface area is 151 Å². The number of sulfonamides is 1. The number of carbonyl (C=O) groups is 1. The Morgan fingerprint density at radius 2 is 1.96 bits per heavy atom. The Bertz CT molecular complexity index is 1020. The van der Waals surface area contributed by atoms with Gasteiger partial charge in [-0.1, -0.05) is 12.1 Å². The lowest BCUT2D eigenvalue weighted by atomic mass is 10.0. The molecule has 0 spiro atoms. The van der Waals surface area contributed by atoms with Gasteiger partial charge in [-0.3, -0.25) is 14.4 Å². The van der Waals surface area contributed by atoms with E-state index in [1.54, 1.807) is 12.1 Å². The van der Waals surface area contributed by atoms with Gasteiger partial charge in [-0.05, 0) is 48.4 Å². The summed E-state index contributed by atoms with van der Waals surface area (Å²) in [6.45, 7) is 1.38. The smallest absolute Gasteiger partial charge is 0.264 e. The predicted octanol–water partition coefficient (Wildman–Crippen LogP) is 2.46. The molecule has 2 heterocycles. The molecule has 0 atom stereocenters. The van der Waals surface area contributed by atoms with Crippen LogP contribution < -0.4 is 10.0 Å². The summed E-state index contributed by atoms with van der Waals surface area (Å²) in [4.78, 5) is 13.1. The second-order valence-corrected chi connectivity index (χ2v) is 8.36. The lowest BCUT2D eigenvalue weighted by Crippen LogP contribution is -2.21. The van der Waals surface area contributed by atoms with Gasteiger partial charge in [0.1, 0.15) is 10.7 Å². The molecule has 0 saturated heterocycles. The molecule has 6 nitrogen and oxygen atoms in total. The maximum absolute atomic E-state index is 14.5. The number of halogens is 1. The van der Waals surface area contributed by atoms with E-state index in [0.717, 1.165) is 23.7 Å². The minimum atomic E-state index is -4.09. The third-order valence-electron chi connectivity index (χ3n) is 4.73. The molecule has 4 rings (SSSR count). The monoisotopic (exact) mass is 375 g/mol. The number of amides is 1. The Kier molecular flexibility index (Phi) is 3.96. The normalized spacial score (nSPS) is 16.8. The van der Waals surface area contributed by atoms with E-state index < -0.39 is 20.7 Å². The van der Waals surface area contributed by atoms with Crippen LogP contribution >= 0.6 is 0 Å². The summed E-state index contributed by atoms with van der Waals surface area (Å²) in [6, 6.07) is 7.81. The highest BCUT2D eigenvalue weighted by Gasteiger charge is 2.26. The molecule has 1 amide bonds. The van der Waals surface area contributed by atoms with Gasteiger partial charge < -0.3 is 5.32 Å². The van der Waals surface area contributed by atoms with Crippen LogP contribution in [-0.4, -0.2) is 26.3 Å². The zero-order valence-electron chi connectivity index (χ0n) is 14.2. The number of benzene rings is 2. The van der Waals surface area contributed by atoms with Crippen molar-refractivity contribution >= 4 is 27.3 Å². The summed E-state index contributed by atoms with van der Waals surface area (Å²) >= 11 is 0. The maximum atomic E-state index is 14.5. The van der Waals surface area contributed by atoms with Crippen LogP contribution in [0.15, 0.2) is 35.2 Å². The number of nitrogens with zero attached hydrogens (tertiary/aromatic N) is 1. The molecule has 26 heavy (non-hydrogen) atoms. The molecule has 0 unspecified atom stereocenters. The topological polar surface area (TPSA) is 78.5 Å². The zero-order chi connectivity index (χ0) is 18.5. The van der Waals surface area contributed by atoms with E-state index >= 15 is 0 Å². The van der Waals surface area contributed by atoms with Crippen molar-refractivity contribution in [2.75, 3.05) is 17.1 Å². The molecule has 0 bridgehead atoms. The number of hydrogen-bond donors (Lipinski definition) is 2. The number of rotatable bonds is 3. The lowest BCUT2D eigenvalue weighted by Gasteiger charge is -2.19. The fraction of sp³-hybridized carbons (Fsp3) is 0.278. The summed E-state index contributed by atoms with van der Waals surface area (Å²) in [5, 5.41) is 2.57. The van der Waals surface area contributed by atoms with E-state index in [1.807, 2.05) is 13.1 Å². The van der Waals surface area contributed by atoms with Crippen LogP contribution in [0.3, 0.4) is 0 Å². The predicted molar refractivity (Wildman–Crippen MR) is 95.8 cm³/mol. The van der Waals surface area contributed by atoms with Gasteiger partial charge >= 0.3 is 0 Å². The van der Waals surface area contributed by atoms with Gasteiger partial charge in [-0.2, -0.15) is 0 Å². The van der Waals surface area contributed by atoms with Crippen molar-refractivity contribution in [3.8, 4) is 0 Å². The Morgan fingerprint density at radius 1 is 1.15 bits per heavy atom. The molecule has 0 aromatic heterocycles. The summed E-state index contributed by atoms with van der Waals surface area (Å²) in [6.07, 6.45) is 0.638. The number of fused-ring (bicyclic) bond motifs is 2. The molecule has 8 heteroatoms. The average Bonchev–Trinajstić information content (AvgIpc) is 2.95. The number of carbonyl (C=O) groups excluding carboxylic acids is 1. The van der Waals surface area contributed by atoms with Crippen LogP contribution in [0.25, 0.3) is 0 Å². The van der Waals surface area contributed by atoms with Gasteiger partial charge in [-0.15, -0.1) is 0 Å². The molecule has 0 fully saturated rings. The fourth-order valence-electron chi connectivity index (χ4n) is 3.47. The van der Waals surface area contributed by atoms with Crippen LogP contribution in [0.2, 0.25) is 0 Å². The Balaban J connectivity index is 1.71. The summed E-state index contributed by atoms with van der Waals surface area (Å²) in [5.41, 5.74) is 3.38. The van der Waals surface area contributed by atoms with Crippen LogP contribution in [-0.2, 0) is 34.3 Å². The van der Waals surface area contributed by atoms with Gasteiger partial charge in [0, 0.05) is 25.2 Å². The van der Waals surface area contributed by atoms with Crippen molar-refractivity contribution in [2.45, 2.75) is 30.8 Å². The fourth-order valence-corrected chi connectivity index (χ4v) is 4.67. The van der Waals surface area contributed by atoms with Crippen LogP contribution in [0.5, 0.6) is 0 Å². The molecular weight excluding hydrogens is 357 g/mol. The van der Waals surface area contributed by atoms with Gasteiger partial charge in [-0.25, -0.2) is 12.8 Å². The first-order valence-corrected chi connectivity index (χ1v) is 9.76. The number of nitrogens with one attached hydrogen (secondary N) is 2. The quantitative estimate of drug-likeness (QED) is 0.864. The molecule has 2 aliphatic heterocycles. The lowest BCUT2D eigenvalue weighted by molar-refractivity contribution is -0.116. The van der Waals surface area contributed by atoms with E-state index in [4.69, 9.17) is 0 Å². The minimum Gasteiger partial charge on any atom is -0.326 e. The zero-order valence-corrected chi connectivity index (χ0v) is 15.0. The van der Waals surface area contributed by atoms with E-state index in [9.17, 15) is 17.6 Å². The first-order chi connectivity index (χ1) is 12.3. The van der Waals surface area contributed by atoms with Crippen LogP contribution in [0.1, 0.15) is 23.1 Å². The van der Waals surface area contributed by atoms with Crippen LogP contribution in [0.4, 0.5) is 15.8 Å². The van der Waals surface area contributed by atoms with Crippen molar-refractivity contribution in [3.05, 3.63) is 52.8 Å². The van der Waals surface area contributed by atoms with Crippen LogP contribution in [0, 0.1) is 5.82 Å². The van der Waals surface area contributed by atoms with E-state index in [-0.39, 0.29) is 12.3 Å². The molecule has 136 valence electrons. The molecule has 0 radical (unpaired) electrons. The van der Waals surface area contributed by atoms with E-state index in [1.165, 1.54) is 6.07 Å². The number of anilines is 2. The third kappa shape index (κ3) is 2.95. The molecule has 2 aromatic carbocycles. The number of aryl methyl sites for hydroxylation is 1. The average molecular weight is 375 g/mol. The highest BCUT2D eigenvalue weighted by molar-refractivity contribution is 7.92. The summed E-state index contributed by atoms with van der Waals surface area (Å²) < 4.78 is 42.6. The first kappa shape index (κ1) is 17.0. The van der Waals surface area contributed by atoms with Crippen molar-refractivity contribution in [3.63, 3.8) is 0 Å². The molecule has 2 aliphatic rings. The van der Waals surface area contributed by atoms with Crippen molar-refractivity contribution in [2.24, 2.45) is 0 Å². The standard InChI is InChI=1S/C18H18FN3O3S/c1-22-9-12-3-2-4-15(13(12)10-22)21-26(24,25)17-7-11-5-6-18(23)20-16(11)8-14(17)19/h2-4,7-8,21H,5-6,9-10H2,1H3,(H,20,23). The maximum Gasteiger partial charge on any atom is 0.264 e. The summed E-state index contributed by atoms with van der Waals surface area (Å²) in [5.74, 6) is -1.09. The van der Waals surface area contributed by atoms with Crippen molar-refractivity contribution in [1.29, 1.82) is 0 Å². The minimum absolute atomic E-state index is 0.199. The largest absolute Gasteiger partial charge is 0.326 e. The molecule has 0 saturated carbocycles. The van der Waals surface area contributed by atoms with Gasteiger partial charge in [0.2, 0.25) is 5.91 Å². The molecule has 0 aliphatic carbocycles. The van der Waals surface area contributed by atoms with Gasteiger partial charge in [0.05, 0.1) is 5.69 Å². The summed E-state index contributed by atoms with van der Waals surface area (Å²) in [7, 11) is -2.13.